The number of aryl methyl sites for hydroxylation is 1. The number of hydrogen-bond donors (Lipinski definition) is 3. The Labute approximate surface area is 339 Å². The lowest BCUT2D eigenvalue weighted by Gasteiger charge is -2.36. The maximum absolute atomic E-state index is 13.8. The molecule has 57 heavy (non-hydrogen) atoms. The molecule has 10 heteroatoms. The third-order valence-corrected chi connectivity index (χ3v) is 12.6. The van der Waals surface area contributed by atoms with Crippen LogP contribution in [0.25, 0.3) is 11.1 Å². The average molecular weight is 799 g/mol. The molecule has 3 N–H and O–H groups in total. The normalized spacial score (nSPS) is 17.5. The van der Waals surface area contributed by atoms with Gasteiger partial charge in [-0.15, -0.1) is 11.8 Å². The van der Waals surface area contributed by atoms with Crippen LogP contribution < -0.4 is 10.0 Å². The predicted octanol–water partition coefficient (Wildman–Crippen LogP) is 8.70. The van der Waals surface area contributed by atoms with Crippen molar-refractivity contribution in [1.82, 2.24) is 10.0 Å². The van der Waals surface area contributed by atoms with Gasteiger partial charge < -0.3 is 19.9 Å². The lowest BCUT2D eigenvalue weighted by molar-refractivity contribution is -0.245. The minimum atomic E-state index is -3.97. The fraction of sp³-hybridized carbons (Fsp3) is 0.213. The second-order valence-electron chi connectivity index (χ2n) is 14.1. The molecule has 1 heterocycles. The smallest absolute Gasteiger partial charge is 0.241 e. The van der Waals surface area contributed by atoms with Crippen molar-refractivity contribution in [3.05, 3.63) is 191 Å². The van der Waals surface area contributed by atoms with Crippen molar-refractivity contribution in [2.45, 2.75) is 67.2 Å². The van der Waals surface area contributed by atoms with Crippen molar-refractivity contribution in [3.8, 4) is 11.1 Å². The number of amides is 1. The zero-order valence-electron chi connectivity index (χ0n) is 31.7. The molecule has 1 amide bonds. The summed E-state index contributed by atoms with van der Waals surface area (Å²) in [6.07, 6.45) is 0.0521. The third kappa shape index (κ3) is 10.7. The molecular weight excluding hydrogens is 753 g/mol. The highest BCUT2D eigenvalue weighted by Gasteiger charge is 2.32. The van der Waals surface area contributed by atoms with E-state index in [1.165, 1.54) is 4.90 Å². The van der Waals surface area contributed by atoms with Crippen LogP contribution in [-0.2, 0) is 43.9 Å². The predicted molar refractivity (Wildman–Crippen MR) is 225 cm³/mol. The molecule has 8 nitrogen and oxygen atoms in total. The van der Waals surface area contributed by atoms with E-state index in [2.05, 4.69) is 22.2 Å². The molecule has 0 saturated carbocycles. The van der Waals surface area contributed by atoms with Gasteiger partial charge in [0.1, 0.15) is 6.04 Å². The van der Waals surface area contributed by atoms with Gasteiger partial charge in [0.2, 0.25) is 15.9 Å². The maximum atomic E-state index is 13.8. The van der Waals surface area contributed by atoms with Gasteiger partial charge in [-0.1, -0.05) is 139 Å². The first kappa shape index (κ1) is 40.1. The molecule has 0 spiro atoms. The van der Waals surface area contributed by atoms with Gasteiger partial charge in [-0.2, -0.15) is 4.72 Å². The highest BCUT2D eigenvalue weighted by molar-refractivity contribution is 7.99. The summed E-state index contributed by atoms with van der Waals surface area (Å²) in [4.78, 5) is 15.1. The Morgan fingerprint density at radius 2 is 1.40 bits per heavy atom. The Bertz CT molecular complexity index is 2320. The molecule has 1 saturated heterocycles. The van der Waals surface area contributed by atoms with Crippen molar-refractivity contribution in [1.29, 1.82) is 0 Å². The van der Waals surface area contributed by atoms with Crippen molar-refractivity contribution >= 4 is 27.7 Å². The Balaban J connectivity index is 1.06. The number of hydrogen-bond acceptors (Lipinski definition) is 7. The summed E-state index contributed by atoms with van der Waals surface area (Å²) in [5, 5.41) is 12.6. The molecular formula is C47H46N2O6S2. The van der Waals surface area contributed by atoms with Crippen LogP contribution in [0.15, 0.2) is 168 Å². The summed E-state index contributed by atoms with van der Waals surface area (Å²) in [7, 11) is -3.97. The maximum Gasteiger partial charge on any atom is 0.241 e. The number of rotatable bonds is 15. The highest BCUT2D eigenvalue weighted by atomic mass is 32.2. The first-order chi connectivity index (χ1) is 27.7. The van der Waals surface area contributed by atoms with Crippen molar-refractivity contribution in [3.63, 3.8) is 0 Å². The van der Waals surface area contributed by atoms with E-state index in [4.69, 9.17) is 9.47 Å². The van der Waals surface area contributed by atoms with Gasteiger partial charge in [0.05, 0.1) is 23.7 Å². The number of aliphatic hydroxyl groups excluding tert-OH is 1. The number of sulfonamides is 1. The fourth-order valence-corrected chi connectivity index (χ4v) is 8.96. The summed E-state index contributed by atoms with van der Waals surface area (Å²) in [6.45, 7) is 2.07. The number of nitrogens with one attached hydrogen (secondary N) is 2. The van der Waals surface area contributed by atoms with Crippen LogP contribution in [0.1, 0.15) is 52.2 Å². The molecule has 1 fully saturated rings. The highest BCUT2D eigenvalue weighted by Crippen LogP contribution is 2.40. The van der Waals surface area contributed by atoms with E-state index in [1.807, 2.05) is 128 Å². The molecule has 0 aromatic heterocycles. The Kier molecular flexibility index (Phi) is 13.3. The van der Waals surface area contributed by atoms with E-state index >= 15 is 0 Å². The van der Waals surface area contributed by atoms with Gasteiger partial charge in [-0.3, -0.25) is 4.79 Å². The number of thioether (sulfide) groups is 1. The molecule has 292 valence electrons. The topological polar surface area (TPSA) is 114 Å². The molecule has 4 unspecified atom stereocenters. The molecule has 1 aliphatic heterocycles. The number of benzene rings is 6. The van der Waals surface area contributed by atoms with E-state index < -0.39 is 28.3 Å². The molecule has 1 aliphatic rings. The first-order valence-corrected chi connectivity index (χ1v) is 21.5. The summed E-state index contributed by atoms with van der Waals surface area (Å²) in [5.74, 6) is 0.345. The number of carbonyl (C=O) groups is 1. The Morgan fingerprint density at radius 3 is 2.11 bits per heavy atom. The standard InChI is InChI=1S/C47H46N2O6S2/c1-33-16-26-42(27-17-33)57(52,53)49-44(28-34-10-4-2-5-11-34)46(51)48-30-39-12-8-9-15-43(39)36-22-24-38(25-23-36)47-54-40(32-56-41-13-6-3-7-14-41)29-45(55-47)37-20-18-35(31-50)19-21-37/h2-27,40,44-45,47,49-50H,28-32H2,1H3,(H,48,51). The van der Waals surface area contributed by atoms with Gasteiger partial charge in [0, 0.05) is 29.2 Å². The summed E-state index contributed by atoms with van der Waals surface area (Å²) in [6, 6.07) is 49.0. The van der Waals surface area contributed by atoms with Crippen LogP contribution in [0.5, 0.6) is 0 Å². The number of aliphatic hydroxyl groups is 1. The van der Waals surface area contributed by atoms with E-state index in [-0.39, 0.29) is 36.7 Å². The van der Waals surface area contributed by atoms with Gasteiger partial charge in [0.25, 0.3) is 0 Å². The Hall–Kier alpha value is -5.07. The lowest BCUT2D eigenvalue weighted by atomic mass is 9.97. The summed E-state index contributed by atoms with van der Waals surface area (Å²) >= 11 is 1.76. The summed E-state index contributed by atoms with van der Waals surface area (Å²) < 4.78 is 42.6. The van der Waals surface area contributed by atoms with Crippen LogP contribution in [0.4, 0.5) is 0 Å². The Morgan fingerprint density at radius 1 is 0.754 bits per heavy atom. The van der Waals surface area contributed by atoms with E-state index in [1.54, 1.807) is 36.0 Å². The fourth-order valence-electron chi connectivity index (χ4n) is 6.82. The minimum absolute atomic E-state index is 0.0133. The van der Waals surface area contributed by atoms with Crippen LogP contribution in [0.2, 0.25) is 0 Å². The van der Waals surface area contributed by atoms with Gasteiger partial charge >= 0.3 is 0 Å². The second kappa shape index (κ2) is 18.9. The monoisotopic (exact) mass is 798 g/mol. The van der Waals surface area contributed by atoms with Crippen LogP contribution in [0, 0.1) is 6.92 Å². The largest absolute Gasteiger partial charge is 0.392 e. The zero-order chi connectivity index (χ0) is 39.6. The molecule has 4 atom stereocenters. The summed E-state index contributed by atoms with van der Waals surface area (Å²) in [5.41, 5.74) is 7.33. The van der Waals surface area contributed by atoms with Crippen LogP contribution in [0.3, 0.4) is 0 Å². The van der Waals surface area contributed by atoms with E-state index in [0.29, 0.717) is 6.42 Å². The van der Waals surface area contributed by atoms with Gasteiger partial charge in [0.15, 0.2) is 6.29 Å². The molecule has 0 aliphatic carbocycles. The molecule has 6 aromatic rings. The second-order valence-corrected chi connectivity index (χ2v) is 17.0. The molecule has 0 bridgehead atoms. The third-order valence-electron chi connectivity index (χ3n) is 9.99. The molecule has 0 radical (unpaired) electrons. The van der Waals surface area contributed by atoms with Crippen molar-refractivity contribution in [2.24, 2.45) is 0 Å². The number of ether oxygens (including phenoxy) is 2. The van der Waals surface area contributed by atoms with Crippen LogP contribution >= 0.6 is 11.8 Å². The zero-order valence-corrected chi connectivity index (χ0v) is 33.3. The van der Waals surface area contributed by atoms with Crippen molar-refractivity contribution in [2.75, 3.05) is 5.75 Å². The van der Waals surface area contributed by atoms with E-state index in [0.717, 1.165) is 50.3 Å². The average Bonchev–Trinajstić information content (AvgIpc) is 3.25. The number of carbonyl (C=O) groups excluding carboxylic acids is 1. The lowest BCUT2D eigenvalue weighted by Crippen LogP contribution is -2.47. The first-order valence-electron chi connectivity index (χ1n) is 19.0. The van der Waals surface area contributed by atoms with Gasteiger partial charge in [-0.05, 0) is 71.0 Å². The van der Waals surface area contributed by atoms with Crippen molar-refractivity contribution < 1.29 is 27.8 Å². The molecule has 6 aromatic carbocycles. The van der Waals surface area contributed by atoms with E-state index in [9.17, 15) is 18.3 Å². The minimum Gasteiger partial charge on any atom is -0.392 e. The van der Waals surface area contributed by atoms with Crippen LogP contribution in [-0.4, -0.2) is 37.3 Å². The molecule has 7 rings (SSSR count). The SMILES string of the molecule is Cc1ccc(S(=O)(=O)NC(Cc2ccccc2)C(=O)NCc2ccccc2-c2ccc(C3OC(CSc4ccccc4)CC(c4ccc(CO)cc4)O3)cc2)cc1. The van der Waals surface area contributed by atoms with Gasteiger partial charge in [-0.25, -0.2) is 8.42 Å². The quantitative estimate of drug-likeness (QED) is 0.0892.